The van der Waals surface area contributed by atoms with E-state index in [2.05, 4.69) is 15.0 Å². The average molecular weight is 265 g/mol. The minimum absolute atomic E-state index is 0.0337. The lowest BCUT2D eigenvalue weighted by Crippen LogP contribution is -2.52. The van der Waals surface area contributed by atoms with Crippen molar-refractivity contribution in [2.24, 2.45) is 11.7 Å². The Balaban J connectivity index is 3.05. The van der Waals surface area contributed by atoms with Gasteiger partial charge < -0.3 is 15.8 Å². The zero-order chi connectivity index (χ0) is 14.6. The second-order valence-corrected chi connectivity index (χ2v) is 4.77. The van der Waals surface area contributed by atoms with E-state index in [0.29, 0.717) is 11.4 Å². The normalized spacial score (nSPS) is 13.7. The first-order valence-corrected chi connectivity index (χ1v) is 5.93. The van der Waals surface area contributed by atoms with E-state index < -0.39 is 17.4 Å². The van der Waals surface area contributed by atoms with Crippen molar-refractivity contribution >= 4 is 17.7 Å². The van der Waals surface area contributed by atoms with Gasteiger partial charge in [-0.3, -0.25) is 4.79 Å². The average Bonchev–Trinajstić information content (AvgIpc) is 2.37. The van der Waals surface area contributed by atoms with Crippen molar-refractivity contribution in [2.45, 2.75) is 26.3 Å². The molecule has 19 heavy (non-hydrogen) atoms. The zero-order valence-corrected chi connectivity index (χ0v) is 11.6. The molecular weight excluding hydrogens is 246 g/mol. The molecule has 1 atom stereocenters. The van der Waals surface area contributed by atoms with Crippen LogP contribution in [0.5, 0.6) is 0 Å². The molecule has 0 fully saturated rings. The number of methoxy groups -OCH3 is 1. The molecular formula is C13H19N3O3. The maximum Gasteiger partial charge on any atom is 0.338 e. The molecule has 1 unspecified atom stereocenters. The van der Waals surface area contributed by atoms with Crippen LogP contribution in [0.2, 0.25) is 0 Å². The Morgan fingerprint density at radius 3 is 2.58 bits per heavy atom. The highest BCUT2D eigenvalue weighted by atomic mass is 16.5. The van der Waals surface area contributed by atoms with E-state index in [4.69, 9.17) is 5.73 Å². The standard InChI is InChI=1S/C13H19N3O3/c1-8(2)13(3,12(14)18)16-10-7-9(5-6-15-10)11(17)19-4/h5-8H,1-4H3,(H2,14,18)(H,15,16). The topological polar surface area (TPSA) is 94.3 Å². The maximum atomic E-state index is 11.6. The second-order valence-electron chi connectivity index (χ2n) is 4.77. The van der Waals surface area contributed by atoms with E-state index in [-0.39, 0.29) is 5.92 Å². The summed E-state index contributed by atoms with van der Waals surface area (Å²) in [6, 6.07) is 3.06. The lowest BCUT2D eigenvalue weighted by molar-refractivity contribution is -0.123. The smallest absolute Gasteiger partial charge is 0.338 e. The van der Waals surface area contributed by atoms with Crippen LogP contribution in [0.1, 0.15) is 31.1 Å². The van der Waals surface area contributed by atoms with E-state index >= 15 is 0 Å². The number of nitrogens with one attached hydrogen (secondary N) is 1. The Hall–Kier alpha value is -2.11. The summed E-state index contributed by atoms with van der Waals surface area (Å²) < 4.78 is 4.63. The second kappa shape index (κ2) is 5.69. The van der Waals surface area contributed by atoms with Crippen molar-refractivity contribution in [2.75, 3.05) is 12.4 Å². The van der Waals surface area contributed by atoms with Gasteiger partial charge in [0.15, 0.2) is 0 Å². The minimum Gasteiger partial charge on any atom is -0.465 e. The van der Waals surface area contributed by atoms with Gasteiger partial charge in [-0.15, -0.1) is 0 Å². The van der Waals surface area contributed by atoms with Crippen LogP contribution >= 0.6 is 0 Å². The fourth-order valence-electron chi connectivity index (χ4n) is 1.50. The number of rotatable bonds is 5. The number of hydrogen-bond donors (Lipinski definition) is 2. The number of anilines is 1. The highest BCUT2D eigenvalue weighted by Crippen LogP contribution is 2.22. The molecule has 104 valence electrons. The van der Waals surface area contributed by atoms with Crippen molar-refractivity contribution < 1.29 is 14.3 Å². The van der Waals surface area contributed by atoms with Gasteiger partial charge >= 0.3 is 5.97 Å². The van der Waals surface area contributed by atoms with Crippen molar-refractivity contribution in [3.8, 4) is 0 Å². The number of nitrogens with zero attached hydrogens (tertiary/aromatic N) is 1. The molecule has 0 aromatic carbocycles. The first-order valence-electron chi connectivity index (χ1n) is 5.93. The summed E-state index contributed by atoms with van der Waals surface area (Å²) in [6.07, 6.45) is 1.47. The molecule has 0 saturated heterocycles. The molecule has 0 aliphatic rings. The Morgan fingerprint density at radius 2 is 2.11 bits per heavy atom. The van der Waals surface area contributed by atoms with Gasteiger partial charge in [-0.05, 0) is 25.0 Å². The lowest BCUT2D eigenvalue weighted by Gasteiger charge is -2.32. The summed E-state index contributed by atoms with van der Waals surface area (Å²) in [5, 5.41) is 2.98. The SMILES string of the molecule is COC(=O)c1ccnc(NC(C)(C(N)=O)C(C)C)c1. The van der Waals surface area contributed by atoms with Crippen LogP contribution in [0.4, 0.5) is 5.82 Å². The fraction of sp³-hybridized carbons (Fsp3) is 0.462. The molecule has 3 N–H and O–H groups in total. The number of aromatic nitrogens is 1. The summed E-state index contributed by atoms with van der Waals surface area (Å²) >= 11 is 0. The highest BCUT2D eigenvalue weighted by molar-refractivity contribution is 5.91. The number of amides is 1. The number of hydrogen-bond acceptors (Lipinski definition) is 5. The third kappa shape index (κ3) is 3.21. The van der Waals surface area contributed by atoms with Crippen LogP contribution in [0, 0.1) is 5.92 Å². The molecule has 1 heterocycles. The van der Waals surface area contributed by atoms with E-state index in [9.17, 15) is 9.59 Å². The monoisotopic (exact) mass is 265 g/mol. The van der Waals surface area contributed by atoms with Crippen LogP contribution in [0.3, 0.4) is 0 Å². The molecule has 6 heteroatoms. The molecule has 0 aliphatic heterocycles. The molecule has 0 spiro atoms. The summed E-state index contributed by atoms with van der Waals surface area (Å²) in [4.78, 5) is 27.1. The van der Waals surface area contributed by atoms with Gasteiger partial charge in [-0.2, -0.15) is 0 Å². The van der Waals surface area contributed by atoms with Gasteiger partial charge in [0.25, 0.3) is 0 Å². The molecule has 0 radical (unpaired) electrons. The predicted octanol–water partition coefficient (Wildman–Crippen LogP) is 1.18. The van der Waals surface area contributed by atoms with Crippen LogP contribution < -0.4 is 11.1 Å². The number of pyridine rings is 1. The van der Waals surface area contributed by atoms with Gasteiger partial charge in [-0.1, -0.05) is 13.8 Å². The number of carbonyl (C=O) groups excluding carboxylic acids is 2. The third-order valence-electron chi connectivity index (χ3n) is 3.24. The van der Waals surface area contributed by atoms with E-state index in [0.717, 1.165) is 0 Å². The predicted molar refractivity (Wildman–Crippen MR) is 71.6 cm³/mol. The Labute approximate surface area is 112 Å². The van der Waals surface area contributed by atoms with Crippen molar-refractivity contribution in [1.29, 1.82) is 0 Å². The molecule has 1 aromatic rings. The van der Waals surface area contributed by atoms with Crippen LogP contribution in [-0.2, 0) is 9.53 Å². The number of esters is 1. The van der Waals surface area contributed by atoms with Gasteiger partial charge in [-0.25, -0.2) is 9.78 Å². The first kappa shape index (κ1) is 14.9. The number of primary amides is 1. The number of carbonyl (C=O) groups is 2. The quantitative estimate of drug-likeness (QED) is 0.780. The summed E-state index contributed by atoms with van der Waals surface area (Å²) in [6.45, 7) is 5.45. The first-order chi connectivity index (χ1) is 8.81. The zero-order valence-electron chi connectivity index (χ0n) is 11.6. The highest BCUT2D eigenvalue weighted by Gasteiger charge is 2.35. The molecule has 6 nitrogen and oxygen atoms in total. The summed E-state index contributed by atoms with van der Waals surface area (Å²) in [5.74, 6) is -0.574. The third-order valence-corrected chi connectivity index (χ3v) is 3.24. The fourth-order valence-corrected chi connectivity index (χ4v) is 1.50. The summed E-state index contributed by atoms with van der Waals surface area (Å²) in [7, 11) is 1.30. The van der Waals surface area contributed by atoms with E-state index in [1.165, 1.54) is 25.4 Å². The van der Waals surface area contributed by atoms with Gasteiger partial charge in [0, 0.05) is 6.20 Å². The minimum atomic E-state index is -0.943. The van der Waals surface area contributed by atoms with Crippen molar-refractivity contribution in [1.82, 2.24) is 4.98 Å². The maximum absolute atomic E-state index is 11.6. The molecule has 1 aromatic heterocycles. The number of ether oxygens (including phenoxy) is 1. The van der Waals surface area contributed by atoms with Crippen LogP contribution in [-0.4, -0.2) is 29.5 Å². The van der Waals surface area contributed by atoms with Crippen LogP contribution in [0.15, 0.2) is 18.3 Å². The molecule has 0 saturated carbocycles. The Morgan fingerprint density at radius 1 is 1.47 bits per heavy atom. The largest absolute Gasteiger partial charge is 0.465 e. The van der Waals surface area contributed by atoms with E-state index in [1.54, 1.807) is 6.92 Å². The molecule has 0 aliphatic carbocycles. The molecule has 0 bridgehead atoms. The molecule has 1 amide bonds. The number of nitrogens with two attached hydrogens (primary N) is 1. The lowest BCUT2D eigenvalue weighted by atomic mass is 9.87. The Kier molecular flexibility index (Phi) is 4.47. The molecule has 1 rings (SSSR count). The van der Waals surface area contributed by atoms with Gasteiger partial charge in [0.1, 0.15) is 11.4 Å². The van der Waals surface area contributed by atoms with Crippen molar-refractivity contribution in [3.63, 3.8) is 0 Å². The van der Waals surface area contributed by atoms with Crippen LogP contribution in [0.25, 0.3) is 0 Å². The summed E-state index contributed by atoms with van der Waals surface area (Å²) in [5.41, 5.74) is 4.84. The van der Waals surface area contributed by atoms with E-state index in [1.807, 2.05) is 13.8 Å². The van der Waals surface area contributed by atoms with Gasteiger partial charge in [0.2, 0.25) is 5.91 Å². The Bertz CT molecular complexity index is 488. The van der Waals surface area contributed by atoms with Crippen molar-refractivity contribution in [3.05, 3.63) is 23.9 Å². The van der Waals surface area contributed by atoms with Gasteiger partial charge in [0.05, 0.1) is 12.7 Å².